The molecule has 0 unspecified atom stereocenters. The van der Waals surface area contributed by atoms with Crippen LogP contribution in [0, 0.1) is 5.82 Å². The van der Waals surface area contributed by atoms with Crippen molar-refractivity contribution in [1.29, 1.82) is 0 Å². The second-order valence-electron chi connectivity index (χ2n) is 7.64. The van der Waals surface area contributed by atoms with Crippen LogP contribution in [0.3, 0.4) is 0 Å². The lowest BCUT2D eigenvalue weighted by molar-refractivity contribution is 0.276. The summed E-state index contributed by atoms with van der Waals surface area (Å²) in [7, 11) is 1.79. The topological polar surface area (TPSA) is 121 Å². The molecular weight excluding hydrogens is 423 g/mol. The van der Waals surface area contributed by atoms with E-state index in [1.54, 1.807) is 24.0 Å². The first-order valence-corrected chi connectivity index (χ1v) is 10.2. The molecule has 0 atom stereocenters. The van der Waals surface area contributed by atoms with E-state index in [0.717, 1.165) is 22.2 Å². The summed E-state index contributed by atoms with van der Waals surface area (Å²) in [6, 6.07) is 11.9. The minimum atomic E-state index is -0.315. The average Bonchev–Trinajstić information content (AvgIpc) is 3.53. The Kier molecular flexibility index (Phi) is 4.27. The Morgan fingerprint density at radius 1 is 1.09 bits per heavy atom. The fraction of sp³-hybridized carbons (Fsp3) is 0.0870. The molecule has 6 rings (SSSR count). The Bertz CT molecular complexity index is 1650. The Balaban J connectivity index is 1.51. The van der Waals surface area contributed by atoms with E-state index in [9.17, 15) is 9.50 Å². The van der Waals surface area contributed by atoms with E-state index in [1.807, 2.05) is 30.5 Å². The van der Waals surface area contributed by atoms with Crippen LogP contribution in [0.15, 0.2) is 54.9 Å². The largest absolute Gasteiger partial charge is 0.390 e. The maximum atomic E-state index is 13.8. The number of aryl methyl sites for hydroxylation is 1. The van der Waals surface area contributed by atoms with Gasteiger partial charge in [0, 0.05) is 30.6 Å². The average molecular weight is 440 g/mol. The van der Waals surface area contributed by atoms with Gasteiger partial charge in [0.05, 0.1) is 29.0 Å². The molecule has 0 fully saturated rings. The van der Waals surface area contributed by atoms with Crippen LogP contribution in [0.1, 0.15) is 5.69 Å². The lowest BCUT2D eigenvalue weighted by Gasteiger charge is -2.02. The second kappa shape index (κ2) is 7.31. The van der Waals surface area contributed by atoms with Gasteiger partial charge >= 0.3 is 0 Å². The van der Waals surface area contributed by atoms with Crippen molar-refractivity contribution >= 4 is 22.2 Å². The number of rotatable bonds is 4. The number of H-pyrrole nitrogens is 2. The molecule has 0 aliphatic heterocycles. The van der Waals surface area contributed by atoms with Crippen molar-refractivity contribution in [3.63, 3.8) is 0 Å². The van der Waals surface area contributed by atoms with Gasteiger partial charge in [0.2, 0.25) is 0 Å². The number of nitrogens with one attached hydrogen (secondary N) is 2. The van der Waals surface area contributed by atoms with Crippen LogP contribution >= 0.6 is 0 Å². The van der Waals surface area contributed by atoms with Crippen molar-refractivity contribution in [3.8, 4) is 33.9 Å². The maximum absolute atomic E-state index is 13.8. The molecule has 0 aliphatic carbocycles. The number of aliphatic hydroxyl groups excluding tert-OH is 1. The summed E-state index contributed by atoms with van der Waals surface area (Å²) in [6.07, 6.45) is 3.46. The molecule has 162 valence electrons. The molecule has 33 heavy (non-hydrogen) atoms. The van der Waals surface area contributed by atoms with Gasteiger partial charge in [0.25, 0.3) is 0 Å². The highest BCUT2D eigenvalue weighted by atomic mass is 19.1. The quantitative estimate of drug-likeness (QED) is 0.385. The van der Waals surface area contributed by atoms with Gasteiger partial charge in [-0.3, -0.25) is 9.78 Å². The molecule has 5 aromatic heterocycles. The number of aliphatic hydroxyl groups is 1. The van der Waals surface area contributed by atoms with Crippen LogP contribution in [-0.4, -0.2) is 45.0 Å². The fourth-order valence-corrected chi connectivity index (χ4v) is 4.00. The second-order valence-corrected chi connectivity index (χ2v) is 7.64. The summed E-state index contributed by atoms with van der Waals surface area (Å²) in [4.78, 5) is 17.0. The van der Waals surface area contributed by atoms with Crippen molar-refractivity contribution < 1.29 is 9.50 Å². The molecule has 0 aliphatic rings. The highest BCUT2D eigenvalue weighted by Gasteiger charge is 2.18. The number of aromatic nitrogens is 8. The van der Waals surface area contributed by atoms with Crippen LogP contribution < -0.4 is 0 Å². The Labute approximate surface area is 186 Å². The van der Waals surface area contributed by atoms with Crippen LogP contribution in [0.5, 0.6) is 0 Å². The fourth-order valence-electron chi connectivity index (χ4n) is 4.00. The van der Waals surface area contributed by atoms with E-state index >= 15 is 0 Å². The zero-order valence-corrected chi connectivity index (χ0v) is 17.4. The van der Waals surface area contributed by atoms with Gasteiger partial charge in [-0.05, 0) is 35.9 Å². The number of hydrogen-bond donors (Lipinski definition) is 3. The number of benzene rings is 1. The van der Waals surface area contributed by atoms with Crippen molar-refractivity contribution in [2.45, 2.75) is 6.61 Å². The number of aromatic amines is 2. The van der Waals surface area contributed by atoms with Gasteiger partial charge < -0.3 is 10.1 Å². The van der Waals surface area contributed by atoms with E-state index in [4.69, 9.17) is 4.98 Å². The number of imidazole rings is 1. The summed E-state index contributed by atoms with van der Waals surface area (Å²) in [6.45, 7) is -0.188. The number of nitrogens with zero attached hydrogens (tertiary/aromatic N) is 6. The molecule has 5 heterocycles. The molecule has 9 nitrogen and oxygen atoms in total. The Morgan fingerprint density at radius 2 is 2.00 bits per heavy atom. The van der Waals surface area contributed by atoms with E-state index in [1.165, 1.54) is 12.1 Å². The van der Waals surface area contributed by atoms with Crippen molar-refractivity contribution in [2.75, 3.05) is 0 Å². The maximum Gasteiger partial charge on any atom is 0.178 e. The Hall–Kier alpha value is -4.44. The minimum Gasteiger partial charge on any atom is -0.390 e. The first-order valence-electron chi connectivity index (χ1n) is 10.2. The van der Waals surface area contributed by atoms with E-state index in [2.05, 4.69) is 30.2 Å². The smallest absolute Gasteiger partial charge is 0.178 e. The van der Waals surface area contributed by atoms with Gasteiger partial charge in [-0.15, -0.1) is 0 Å². The van der Waals surface area contributed by atoms with Gasteiger partial charge in [-0.2, -0.15) is 10.2 Å². The molecule has 3 N–H and O–H groups in total. The normalized spacial score (nSPS) is 11.6. The van der Waals surface area contributed by atoms with Gasteiger partial charge in [-0.25, -0.2) is 19.3 Å². The molecule has 10 heteroatoms. The number of fused-ring (bicyclic) bond motifs is 2. The van der Waals surface area contributed by atoms with Crippen LogP contribution in [-0.2, 0) is 13.7 Å². The first-order chi connectivity index (χ1) is 16.1. The third-order valence-corrected chi connectivity index (χ3v) is 5.49. The summed E-state index contributed by atoms with van der Waals surface area (Å²) < 4.78 is 15.4. The lowest BCUT2D eigenvalue weighted by atomic mass is 10.1. The third-order valence-electron chi connectivity index (χ3n) is 5.49. The molecule has 0 saturated heterocycles. The van der Waals surface area contributed by atoms with E-state index < -0.39 is 0 Å². The highest BCUT2D eigenvalue weighted by molar-refractivity contribution is 5.94. The summed E-state index contributed by atoms with van der Waals surface area (Å²) >= 11 is 0. The molecule has 1 aromatic carbocycles. The number of pyridine rings is 2. The SMILES string of the molecule is Cn1cc(-c2ccc3[nH]nc(-c4nc5nccc(-c6cccc(F)c6)c5[nH]4)c3n2)c(CO)n1. The predicted molar refractivity (Wildman–Crippen MR) is 120 cm³/mol. The van der Waals surface area contributed by atoms with Crippen LogP contribution in [0.25, 0.3) is 56.1 Å². The summed E-state index contributed by atoms with van der Waals surface area (Å²) in [5.74, 6) is 0.177. The van der Waals surface area contributed by atoms with Gasteiger partial charge in [0.1, 0.15) is 11.3 Å². The minimum absolute atomic E-state index is 0.188. The zero-order valence-electron chi connectivity index (χ0n) is 17.4. The van der Waals surface area contributed by atoms with Gasteiger partial charge in [0.15, 0.2) is 17.2 Å². The van der Waals surface area contributed by atoms with Gasteiger partial charge in [-0.1, -0.05) is 12.1 Å². The van der Waals surface area contributed by atoms with Crippen molar-refractivity contribution in [2.24, 2.45) is 7.05 Å². The monoisotopic (exact) mass is 440 g/mol. The molecule has 0 bridgehead atoms. The zero-order chi connectivity index (χ0) is 22.5. The molecule has 0 saturated carbocycles. The predicted octanol–water partition coefficient (Wildman–Crippen LogP) is 3.60. The molecule has 0 radical (unpaired) electrons. The molecular formula is C23H17FN8O. The first kappa shape index (κ1) is 19.3. The standard InChI is InChI=1S/C23H17FN8O/c1-32-10-15(18(11-33)31-32)16-5-6-17-20(26-16)21(30-29-17)23-27-19-14(7-8-25-22(19)28-23)12-3-2-4-13(24)9-12/h2-10,33H,11H2,1H3,(H,29,30)(H,25,27,28). The molecule has 0 amide bonds. The highest BCUT2D eigenvalue weighted by Crippen LogP contribution is 2.31. The van der Waals surface area contributed by atoms with E-state index in [-0.39, 0.29) is 12.4 Å². The summed E-state index contributed by atoms with van der Waals surface area (Å²) in [5, 5.41) is 21.3. The number of halogens is 1. The summed E-state index contributed by atoms with van der Waals surface area (Å²) in [5.41, 5.74) is 6.52. The van der Waals surface area contributed by atoms with Crippen molar-refractivity contribution in [3.05, 3.63) is 66.4 Å². The molecule has 0 spiro atoms. The van der Waals surface area contributed by atoms with E-state index in [0.29, 0.717) is 39.6 Å². The third kappa shape index (κ3) is 3.15. The van der Waals surface area contributed by atoms with Crippen molar-refractivity contribution in [1.82, 2.24) is 39.9 Å². The van der Waals surface area contributed by atoms with Crippen LogP contribution in [0.2, 0.25) is 0 Å². The van der Waals surface area contributed by atoms with Crippen LogP contribution in [0.4, 0.5) is 4.39 Å². The number of hydrogen-bond acceptors (Lipinski definition) is 6. The Morgan fingerprint density at radius 3 is 2.85 bits per heavy atom. The lowest BCUT2D eigenvalue weighted by Crippen LogP contribution is -1.92. The molecule has 6 aromatic rings.